The van der Waals surface area contributed by atoms with Gasteiger partial charge >= 0.3 is 0 Å². The van der Waals surface area contributed by atoms with Crippen LogP contribution in [0.2, 0.25) is 0 Å². The number of aromatic nitrogens is 1. The predicted octanol–water partition coefficient (Wildman–Crippen LogP) is 4.18. The highest BCUT2D eigenvalue weighted by atomic mass is 32.1. The summed E-state index contributed by atoms with van der Waals surface area (Å²) in [5.41, 5.74) is 0.941. The van der Waals surface area contributed by atoms with E-state index in [1.165, 1.54) is 44.8 Å². The summed E-state index contributed by atoms with van der Waals surface area (Å²) in [6.45, 7) is 6.36. The van der Waals surface area contributed by atoms with Gasteiger partial charge in [-0.1, -0.05) is 6.42 Å². The third kappa shape index (κ3) is 6.40. The van der Waals surface area contributed by atoms with Crippen molar-refractivity contribution in [3.8, 4) is 17.2 Å². The smallest absolute Gasteiger partial charge is 0.270 e. The van der Waals surface area contributed by atoms with E-state index in [1.54, 1.807) is 19.2 Å². The Kier molecular flexibility index (Phi) is 9.85. The molecule has 1 unspecified atom stereocenters. The Hall–Kier alpha value is -2.85. The number of hydrogen-bond donors (Lipinski definition) is 1. The third-order valence-electron chi connectivity index (χ3n) is 7.67. The number of thiazole rings is 1. The highest BCUT2D eigenvalue weighted by Gasteiger charge is 2.30. The SMILES string of the molecule is COc1ccc(C(=O)N2CCC(c3nc(C(=O)NCCCN4CCCCC4C)cs3)CC2)c(OC)c1OC. The van der Waals surface area contributed by atoms with Crippen LogP contribution in [0.1, 0.15) is 77.2 Å². The quantitative estimate of drug-likeness (QED) is 0.449. The molecule has 208 valence electrons. The van der Waals surface area contributed by atoms with E-state index in [0.29, 0.717) is 54.2 Å². The number of piperidine rings is 2. The number of nitrogens with zero attached hydrogens (tertiary/aromatic N) is 3. The van der Waals surface area contributed by atoms with Crippen molar-refractivity contribution < 1.29 is 23.8 Å². The Morgan fingerprint density at radius 1 is 1.03 bits per heavy atom. The first-order valence-electron chi connectivity index (χ1n) is 13.5. The zero-order valence-electron chi connectivity index (χ0n) is 23.0. The van der Waals surface area contributed by atoms with Crippen molar-refractivity contribution in [1.82, 2.24) is 20.1 Å². The number of amides is 2. The molecule has 2 aliphatic rings. The lowest BCUT2D eigenvalue weighted by atomic mass is 9.97. The van der Waals surface area contributed by atoms with Gasteiger partial charge in [0, 0.05) is 43.5 Å². The summed E-state index contributed by atoms with van der Waals surface area (Å²) in [5, 5.41) is 5.85. The number of nitrogens with one attached hydrogen (secondary N) is 1. The zero-order valence-corrected chi connectivity index (χ0v) is 23.8. The van der Waals surface area contributed by atoms with E-state index >= 15 is 0 Å². The maximum atomic E-state index is 13.3. The molecule has 2 saturated heterocycles. The van der Waals surface area contributed by atoms with Gasteiger partial charge in [-0.15, -0.1) is 11.3 Å². The minimum absolute atomic E-state index is 0.0978. The molecule has 2 aromatic rings. The molecular weight excluding hydrogens is 504 g/mol. The fraction of sp³-hybridized carbons (Fsp3) is 0.607. The first-order chi connectivity index (χ1) is 18.5. The Balaban J connectivity index is 1.27. The number of carbonyl (C=O) groups is 2. The number of ether oxygens (including phenoxy) is 3. The van der Waals surface area contributed by atoms with E-state index in [2.05, 4.69) is 22.1 Å². The molecule has 2 fully saturated rings. The third-order valence-corrected chi connectivity index (χ3v) is 8.68. The lowest BCUT2D eigenvalue weighted by molar-refractivity contribution is 0.0708. The van der Waals surface area contributed by atoms with Crippen LogP contribution in [-0.2, 0) is 0 Å². The molecule has 0 spiro atoms. The molecule has 1 atom stereocenters. The largest absolute Gasteiger partial charge is 0.493 e. The summed E-state index contributed by atoms with van der Waals surface area (Å²) in [5.74, 6) is 1.33. The van der Waals surface area contributed by atoms with Crippen LogP contribution in [0.15, 0.2) is 17.5 Å². The summed E-state index contributed by atoms with van der Waals surface area (Å²) in [6.07, 6.45) is 6.40. The van der Waals surface area contributed by atoms with Gasteiger partial charge in [0.15, 0.2) is 11.5 Å². The van der Waals surface area contributed by atoms with Gasteiger partial charge in [0.25, 0.3) is 11.8 Å². The minimum Gasteiger partial charge on any atom is -0.493 e. The van der Waals surface area contributed by atoms with E-state index in [0.717, 1.165) is 37.4 Å². The van der Waals surface area contributed by atoms with Gasteiger partial charge < -0.3 is 29.3 Å². The summed E-state index contributed by atoms with van der Waals surface area (Å²) >= 11 is 1.53. The number of methoxy groups -OCH3 is 3. The molecule has 0 bridgehead atoms. The number of rotatable bonds is 10. The average Bonchev–Trinajstić information content (AvgIpc) is 3.45. The van der Waals surface area contributed by atoms with Crippen molar-refractivity contribution in [3.63, 3.8) is 0 Å². The molecule has 10 heteroatoms. The maximum absolute atomic E-state index is 13.3. The summed E-state index contributed by atoms with van der Waals surface area (Å²) in [6, 6.07) is 4.08. The van der Waals surface area contributed by atoms with Gasteiger partial charge in [-0.2, -0.15) is 0 Å². The van der Waals surface area contributed by atoms with Gasteiger partial charge in [-0.25, -0.2) is 4.98 Å². The highest BCUT2D eigenvalue weighted by Crippen LogP contribution is 2.41. The highest BCUT2D eigenvalue weighted by molar-refractivity contribution is 7.09. The van der Waals surface area contributed by atoms with Crippen molar-refractivity contribution in [1.29, 1.82) is 0 Å². The summed E-state index contributed by atoms with van der Waals surface area (Å²) in [4.78, 5) is 35.0. The van der Waals surface area contributed by atoms with Crippen LogP contribution in [-0.4, -0.2) is 86.7 Å². The molecule has 0 saturated carbocycles. The molecule has 2 aliphatic heterocycles. The molecule has 1 N–H and O–H groups in total. The van der Waals surface area contributed by atoms with Gasteiger partial charge in [-0.3, -0.25) is 9.59 Å². The second-order valence-electron chi connectivity index (χ2n) is 10.0. The summed E-state index contributed by atoms with van der Waals surface area (Å²) < 4.78 is 16.3. The van der Waals surface area contributed by atoms with E-state index in [1.807, 2.05) is 10.3 Å². The fourth-order valence-corrected chi connectivity index (χ4v) is 6.38. The second kappa shape index (κ2) is 13.3. The molecule has 1 aromatic carbocycles. The first-order valence-corrected chi connectivity index (χ1v) is 14.4. The Morgan fingerprint density at radius 3 is 2.47 bits per heavy atom. The molecule has 2 amide bonds. The molecule has 4 rings (SSSR count). The second-order valence-corrected chi connectivity index (χ2v) is 10.9. The van der Waals surface area contributed by atoms with Crippen molar-refractivity contribution >= 4 is 23.2 Å². The van der Waals surface area contributed by atoms with Crippen molar-refractivity contribution in [3.05, 3.63) is 33.8 Å². The Labute approximate surface area is 229 Å². The van der Waals surface area contributed by atoms with E-state index in [9.17, 15) is 9.59 Å². The van der Waals surface area contributed by atoms with E-state index in [4.69, 9.17) is 14.2 Å². The number of carbonyl (C=O) groups excluding carboxylic acids is 2. The Bertz CT molecular complexity index is 1100. The Morgan fingerprint density at radius 2 is 1.79 bits per heavy atom. The molecule has 1 aromatic heterocycles. The van der Waals surface area contributed by atoms with Crippen LogP contribution in [0.5, 0.6) is 17.2 Å². The van der Waals surface area contributed by atoms with Gasteiger partial charge in [0.1, 0.15) is 5.69 Å². The lowest BCUT2D eigenvalue weighted by Crippen LogP contribution is -2.39. The van der Waals surface area contributed by atoms with Crippen LogP contribution in [0.25, 0.3) is 0 Å². The predicted molar refractivity (Wildman–Crippen MR) is 148 cm³/mol. The zero-order chi connectivity index (χ0) is 27.1. The number of likely N-dealkylation sites (tertiary alicyclic amines) is 2. The standard InChI is InChI=1S/C28H40N4O5S/c1-19-8-5-6-14-31(19)15-7-13-29-26(33)22-18-38-27(30-22)20-11-16-32(17-12-20)28(34)21-9-10-23(35-2)25(37-4)24(21)36-3/h9-10,18-20H,5-8,11-17H2,1-4H3,(H,29,33). The van der Waals surface area contributed by atoms with Crippen LogP contribution in [0.3, 0.4) is 0 Å². The summed E-state index contributed by atoms with van der Waals surface area (Å²) in [7, 11) is 4.60. The molecule has 0 radical (unpaired) electrons. The normalized spacial score (nSPS) is 18.7. The molecule has 9 nitrogen and oxygen atoms in total. The molecule has 3 heterocycles. The minimum atomic E-state index is -0.104. The van der Waals surface area contributed by atoms with Crippen molar-refractivity contribution in [2.45, 2.75) is 57.4 Å². The average molecular weight is 545 g/mol. The van der Waals surface area contributed by atoms with Crippen LogP contribution >= 0.6 is 11.3 Å². The monoisotopic (exact) mass is 544 g/mol. The van der Waals surface area contributed by atoms with E-state index in [-0.39, 0.29) is 17.7 Å². The van der Waals surface area contributed by atoms with Crippen molar-refractivity contribution in [2.24, 2.45) is 0 Å². The fourth-order valence-electron chi connectivity index (χ4n) is 5.41. The van der Waals surface area contributed by atoms with Crippen molar-refractivity contribution in [2.75, 3.05) is 54.1 Å². The lowest BCUT2D eigenvalue weighted by Gasteiger charge is -2.33. The molecule has 0 aliphatic carbocycles. The van der Waals surface area contributed by atoms with Gasteiger partial charge in [-0.05, 0) is 57.7 Å². The maximum Gasteiger partial charge on any atom is 0.270 e. The van der Waals surface area contributed by atoms with E-state index < -0.39 is 0 Å². The van der Waals surface area contributed by atoms with Gasteiger partial charge in [0.05, 0.1) is 31.9 Å². The molecular formula is C28H40N4O5S. The van der Waals surface area contributed by atoms with Crippen LogP contribution in [0.4, 0.5) is 0 Å². The van der Waals surface area contributed by atoms with Crippen LogP contribution in [0, 0.1) is 0 Å². The number of hydrogen-bond acceptors (Lipinski definition) is 8. The van der Waals surface area contributed by atoms with Crippen LogP contribution < -0.4 is 19.5 Å². The first kappa shape index (κ1) is 28.2. The van der Waals surface area contributed by atoms with Gasteiger partial charge in [0.2, 0.25) is 5.75 Å². The number of benzene rings is 1. The molecule has 38 heavy (non-hydrogen) atoms. The topological polar surface area (TPSA) is 93.2 Å².